The van der Waals surface area contributed by atoms with Crippen molar-refractivity contribution in [2.24, 2.45) is 4.99 Å². The minimum absolute atomic E-state index is 0.0389. The Hall–Kier alpha value is -3.44. The van der Waals surface area contributed by atoms with E-state index in [-0.39, 0.29) is 11.3 Å². The number of nitro benzene ring substituents is 1. The minimum atomic E-state index is -0.518. The summed E-state index contributed by atoms with van der Waals surface area (Å²) in [6.45, 7) is 3.16. The van der Waals surface area contributed by atoms with Crippen LogP contribution in [-0.2, 0) is 11.3 Å². The molecule has 3 rings (SSSR count). The van der Waals surface area contributed by atoms with Gasteiger partial charge in [-0.05, 0) is 25.1 Å². The third-order valence-corrected chi connectivity index (χ3v) is 5.71. The van der Waals surface area contributed by atoms with E-state index in [1.807, 2.05) is 6.92 Å². The van der Waals surface area contributed by atoms with Gasteiger partial charge in [-0.2, -0.15) is 4.99 Å². The zero-order chi connectivity index (χ0) is 23.3. The van der Waals surface area contributed by atoms with E-state index in [2.05, 4.69) is 4.99 Å². The first kappa shape index (κ1) is 23.2. The van der Waals surface area contributed by atoms with Gasteiger partial charge in [0.05, 0.1) is 43.1 Å². The fraction of sp³-hybridized carbons (Fsp3) is 0.333. The Bertz CT molecular complexity index is 1190. The van der Waals surface area contributed by atoms with Crippen LogP contribution in [0.15, 0.2) is 35.3 Å². The van der Waals surface area contributed by atoms with E-state index < -0.39 is 10.8 Å². The molecule has 0 fully saturated rings. The summed E-state index contributed by atoms with van der Waals surface area (Å²) in [6.07, 6.45) is 0. The standard InChI is InChI=1S/C21H23N3O7S/c1-5-31-9-8-23-15-12-14(24(26)27)6-7-18(15)32-21(23)22-20(25)13-10-16(28-2)19(30-4)17(11-13)29-3/h6-7,10-12H,5,8-9H2,1-4H3. The van der Waals surface area contributed by atoms with Gasteiger partial charge < -0.3 is 23.5 Å². The number of carbonyl (C=O) groups is 1. The van der Waals surface area contributed by atoms with Gasteiger partial charge in [0.2, 0.25) is 5.75 Å². The zero-order valence-corrected chi connectivity index (χ0v) is 18.9. The lowest BCUT2D eigenvalue weighted by molar-refractivity contribution is -0.384. The van der Waals surface area contributed by atoms with Gasteiger partial charge in [-0.3, -0.25) is 14.9 Å². The van der Waals surface area contributed by atoms with E-state index in [0.29, 0.717) is 47.3 Å². The number of thiazole rings is 1. The molecular weight excluding hydrogens is 438 g/mol. The molecule has 32 heavy (non-hydrogen) atoms. The summed E-state index contributed by atoms with van der Waals surface area (Å²) < 4.78 is 23.9. The quantitative estimate of drug-likeness (QED) is 0.272. The molecule has 1 aromatic heterocycles. The van der Waals surface area contributed by atoms with Gasteiger partial charge in [-0.15, -0.1) is 0 Å². The lowest BCUT2D eigenvalue weighted by Gasteiger charge is -2.12. The van der Waals surface area contributed by atoms with Crippen molar-refractivity contribution in [1.82, 2.24) is 4.57 Å². The van der Waals surface area contributed by atoms with Crippen LogP contribution < -0.4 is 19.0 Å². The average molecular weight is 461 g/mol. The van der Waals surface area contributed by atoms with Gasteiger partial charge in [-0.1, -0.05) is 11.3 Å². The highest BCUT2D eigenvalue weighted by Crippen LogP contribution is 2.38. The number of nitrogens with zero attached hydrogens (tertiary/aromatic N) is 3. The predicted octanol–water partition coefficient (Wildman–Crippen LogP) is 3.41. The SMILES string of the molecule is CCOCCn1c(=NC(=O)c2cc(OC)c(OC)c(OC)c2)sc2ccc([N+](=O)[O-])cc21. The van der Waals surface area contributed by atoms with E-state index in [0.717, 1.165) is 4.70 Å². The van der Waals surface area contributed by atoms with Crippen molar-refractivity contribution < 1.29 is 28.7 Å². The Morgan fingerprint density at radius 3 is 2.38 bits per heavy atom. The van der Waals surface area contributed by atoms with E-state index in [1.54, 1.807) is 10.6 Å². The molecule has 0 aliphatic carbocycles. The molecule has 1 amide bonds. The maximum Gasteiger partial charge on any atom is 0.279 e. The minimum Gasteiger partial charge on any atom is -0.493 e. The summed E-state index contributed by atoms with van der Waals surface area (Å²) >= 11 is 1.26. The van der Waals surface area contributed by atoms with E-state index in [1.165, 1.54) is 56.9 Å². The molecule has 0 saturated carbocycles. The maximum atomic E-state index is 13.0. The van der Waals surface area contributed by atoms with Gasteiger partial charge in [0.1, 0.15) is 0 Å². The number of hydrogen-bond donors (Lipinski definition) is 0. The van der Waals surface area contributed by atoms with Crippen LogP contribution >= 0.6 is 11.3 Å². The molecule has 1 heterocycles. The van der Waals surface area contributed by atoms with Crippen molar-refractivity contribution in [2.45, 2.75) is 13.5 Å². The topological polar surface area (TPSA) is 114 Å². The van der Waals surface area contributed by atoms with Crippen molar-refractivity contribution in [3.63, 3.8) is 0 Å². The monoisotopic (exact) mass is 461 g/mol. The molecule has 2 aromatic carbocycles. The van der Waals surface area contributed by atoms with Crippen LogP contribution in [-0.4, -0.2) is 49.9 Å². The lowest BCUT2D eigenvalue weighted by Crippen LogP contribution is -2.20. The first-order valence-electron chi connectivity index (χ1n) is 9.68. The summed E-state index contributed by atoms with van der Waals surface area (Å²) in [5.41, 5.74) is 0.822. The number of nitro groups is 1. The second-order valence-corrected chi connectivity index (χ2v) is 7.48. The molecule has 0 spiro atoms. The van der Waals surface area contributed by atoms with Gasteiger partial charge in [-0.25, -0.2) is 0 Å². The fourth-order valence-electron chi connectivity index (χ4n) is 3.13. The van der Waals surface area contributed by atoms with Crippen LogP contribution in [0.1, 0.15) is 17.3 Å². The Morgan fingerprint density at radius 1 is 1.12 bits per heavy atom. The number of fused-ring (bicyclic) bond motifs is 1. The molecule has 0 bridgehead atoms. The summed E-state index contributed by atoms with van der Waals surface area (Å²) in [5.74, 6) is 0.520. The van der Waals surface area contributed by atoms with Crippen molar-refractivity contribution in [1.29, 1.82) is 0 Å². The van der Waals surface area contributed by atoms with Gasteiger partial charge >= 0.3 is 0 Å². The summed E-state index contributed by atoms with van der Waals surface area (Å²) in [6, 6.07) is 7.60. The molecule has 0 atom stereocenters. The highest BCUT2D eigenvalue weighted by atomic mass is 32.1. The number of aromatic nitrogens is 1. The summed E-state index contributed by atoms with van der Waals surface area (Å²) in [5, 5.41) is 11.2. The van der Waals surface area contributed by atoms with Crippen LogP contribution in [0.25, 0.3) is 10.2 Å². The first-order chi connectivity index (χ1) is 15.4. The number of amides is 1. The number of rotatable bonds is 9. The van der Waals surface area contributed by atoms with Crippen LogP contribution in [0.2, 0.25) is 0 Å². The van der Waals surface area contributed by atoms with Gasteiger partial charge in [0, 0.05) is 30.8 Å². The van der Waals surface area contributed by atoms with Crippen molar-refractivity contribution in [2.75, 3.05) is 34.5 Å². The number of carbonyl (C=O) groups excluding carboxylic acids is 1. The molecule has 10 nitrogen and oxygen atoms in total. The van der Waals surface area contributed by atoms with Crippen LogP contribution in [0.5, 0.6) is 17.2 Å². The van der Waals surface area contributed by atoms with Gasteiger partial charge in [0.25, 0.3) is 11.6 Å². The molecule has 3 aromatic rings. The van der Waals surface area contributed by atoms with E-state index in [4.69, 9.17) is 18.9 Å². The third kappa shape index (κ3) is 4.73. The number of ether oxygens (including phenoxy) is 4. The normalized spacial score (nSPS) is 11.6. The number of benzene rings is 2. The first-order valence-corrected chi connectivity index (χ1v) is 10.5. The smallest absolute Gasteiger partial charge is 0.279 e. The highest BCUT2D eigenvalue weighted by molar-refractivity contribution is 7.16. The molecule has 0 N–H and O–H groups in total. The van der Waals surface area contributed by atoms with Crippen LogP contribution in [0, 0.1) is 10.1 Å². The molecule has 0 aliphatic heterocycles. The Balaban J connectivity index is 2.13. The van der Waals surface area contributed by atoms with E-state index in [9.17, 15) is 14.9 Å². The number of hydrogen-bond acceptors (Lipinski definition) is 8. The molecule has 0 unspecified atom stereocenters. The van der Waals surface area contributed by atoms with E-state index >= 15 is 0 Å². The Labute approximate surface area is 187 Å². The van der Waals surface area contributed by atoms with Crippen molar-refractivity contribution in [3.05, 3.63) is 50.8 Å². The summed E-state index contributed by atoms with van der Waals surface area (Å²) in [7, 11) is 4.40. The molecule has 170 valence electrons. The largest absolute Gasteiger partial charge is 0.493 e. The molecule has 0 aliphatic rings. The summed E-state index contributed by atoms with van der Waals surface area (Å²) in [4.78, 5) is 28.5. The molecular formula is C21H23N3O7S. The Morgan fingerprint density at radius 2 is 1.81 bits per heavy atom. The van der Waals surface area contributed by atoms with Crippen LogP contribution in [0.3, 0.4) is 0 Å². The molecule has 0 radical (unpaired) electrons. The Kier molecular flexibility index (Phi) is 7.44. The lowest BCUT2D eigenvalue weighted by atomic mass is 10.1. The van der Waals surface area contributed by atoms with Gasteiger partial charge in [0.15, 0.2) is 16.3 Å². The van der Waals surface area contributed by atoms with Crippen molar-refractivity contribution >= 4 is 33.1 Å². The number of non-ortho nitro benzene ring substituents is 1. The second-order valence-electron chi connectivity index (χ2n) is 6.47. The maximum absolute atomic E-state index is 13.0. The zero-order valence-electron chi connectivity index (χ0n) is 18.1. The number of methoxy groups -OCH3 is 3. The predicted molar refractivity (Wildman–Crippen MR) is 119 cm³/mol. The average Bonchev–Trinajstić information content (AvgIpc) is 3.14. The highest BCUT2D eigenvalue weighted by Gasteiger charge is 2.18. The van der Waals surface area contributed by atoms with Crippen molar-refractivity contribution in [3.8, 4) is 17.2 Å². The molecule has 0 saturated heterocycles. The third-order valence-electron chi connectivity index (χ3n) is 4.65. The van der Waals surface area contributed by atoms with Crippen LogP contribution in [0.4, 0.5) is 5.69 Å². The molecule has 11 heteroatoms. The second kappa shape index (κ2) is 10.2. The fourth-order valence-corrected chi connectivity index (χ4v) is 4.16.